The molecule has 1 rings (SSSR count). The monoisotopic (exact) mass is 213 g/mol. The molecular weight excluding hydrogens is 197 g/mol. The van der Waals surface area contributed by atoms with E-state index in [4.69, 9.17) is 10.8 Å². The van der Waals surface area contributed by atoms with Crippen LogP contribution in [0.5, 0.6) is 5.75 Å². The second-order valence-corrected chi connectivity index (χ2v) is 4.30. The molecule has 0 unspecified atom stereocenters. The molecule has 0 aromatic heterocycles. The predicted molar refractivity (Wildman–Crippen MR) is 55.9 cm³/mol. The minimum atomic E-state index is -0.698. The van der Waals surface area contributed by atoms with E-state index in [2.05, 4.69) is 0 Å². The van der Waals surface area contributed by atoms with Crippen LogP contribution in [0, 0.1) is 11.2 Å². The summed E-state index contributed by atoms with van der Waals surface area (Å²) in [6, 6.07) is 3.59. The molecule has 3 nitrogen and oxygen atoms in total. The lowest BCUT2D eigenvalue weighted by atomic mass is 9.81. The van der Waals surface area contributed by atoms with E-state index < -0.39 is 23.0 Å². The largest absolute Gasteiger partial charge is 0.505 e. The van der Waals surface area contributed by atoms with E-state index in [0.717, 1.165) is 6.07 Å². The molecule has 0 saturated heterocycles. The molecule has 0 aliphatic carbocycles. The van der Waals surface area contributed by atoms with E-state index in [1.807, 2.05) is 0 Å². The van der Waals surface area contributed by atoms with Gasteiger partial charge in [0.05, 0.1) is 0 Å². The Kier molecular flexibility index (Phi) is 3.31. The fraction of sp³-hybridized carbons (Fsp3) is 0.455. The maximum atomic E-state index is 13.1. The van der Waals surface area contributed by atoms with Crippen LogP contribution in [0.4, 0.5) is 4.39 Å². The Morgan fingerprint density at radius 3 is 2.60 bits per heavy atom. The van der Waals surface area contributed by atoms with Crippen LogP contribution in [0.1, 0.15) is 25.5 Å². The van der Waals surface area contributed by atoms with Crippen LogP contribution < -0.4 is 5.73 Å². The van der Waals surface area contributed by atoms with Crippen molar-refractivity contribution < 1.29 is 14.6 Å². The molecule has 0 aliphatic rings. The lowest BCUT2D eigenvalue weighted by molar-refractivity contribution is 0.131. The van der Waals surface area contributed by atoms with E-state index in [-0.39, 0.29) is 6.61 Å². The van der Waals surface area contributed by atoms with Gasteiger partial charge in [-0.3, -0.25) is 0 Å². The number of halogens is 1. The number of benzene rings is 1. The molecule has 1 aromatic carbocycles. The summed E-state index contributed by atoms with van der Waals surface area (Å²) in [4.78, 5) is 0. The molecule has 0 saturated carbocycles. The Bertz CT molecular complexity index is 352. The molecule has 1 aromatic rings. The smallest absolute Gasteiger partial charge is 0.165 e. The van der Waals surface area contributed by atoms with Gasteiger partial charge >= 0.3 is 0 Å². The van der Waals surface area contributed by atoms with Gasteiger partial charge in [-0.25, -0.2) is 4.39 Å². The van der Waals surface area contributed by atoms with Crippen molar-refractivity contribution in [2.75, 3.05) is 6.61 Å². The zero-order valence-electron chi connectivity index (χ0n) is 8.87. The van der Waals surface area contributed by atoms with Gasteiger partial charge in [-0.05, 0) is 6.07 Å². The summed E-state index contributed by atoms with van der Waals surface area (Å²) in [5.41, 5.74) is 5.57. The third-order valence-electron chi connectivity index (χ3n) is 2.60. The zero-order valence-corrected chi connectivity index (χ0v) is 8.87. The van der Waals surface area contributed by atoms with Gasteiger partial charge in [-0.15, -0.1) is 0 Å². The summed E-state index contributed by atoms with van der Waals surface area (Å²) in [7, 11) is 0. The fourth-order valence-electron chi connectivity index (χ4n) is 1.30. The number of nitrogens with two attached hydrogens (primary N) is 1. The van der Waals surface area contributed by atoms with E-state index in [0.29, 0.717) is 5.56 Å². The first-order valence-electron chi connectivity index (χ1n) is 4.74. The second-order valence-electron chi connectivity index (χ2n) is 4.30. The molecule has 0 radical (unpaired) electrons. The molecule has 0 spiro atoms. The highest BCUT2D eigenvalue weighted by molar-refractivity contribution is 5.36. The lowest BCUT2D eigenvalue weighted by Gasteiger charge is -2.30. The number of hydrogen-bond donors (Lipinski definition) is 3. The lowest BCUT2D eigenvalue weighted by Crippen LogP contribution is -2.32. The number of hydrogen-bond acceptors (Lipinski definition) is 3. The Morgan fingerprint density at radius 2 is 2.07 bits per heavy atom. The molecule has 15 heavy (non-hydrogen) atoms. The Labute approximate surface area is 88.4 Å². The number of aliphatic hydroxyl groups excluding tert-OH is 1. The van der Waals surface area contributed by atoms with Crippen LogP contribution in [-0.2, 0) is 0 Å². The average molecular weight is 213 g/mol. The van der Waals surface area contributed by atoms with E-state index in [1.165, 1.54) is 6.07 Å². The third-order valence-corrected chi connectivity index (χ3v) is 2.60. The van der Waals surface area contributed by atoms with Gasteiger partial charge in [0.15, 0.2) is 11.6 Å². The number of aromatic hydroxyl groups is 1. The van der Waals surface area contributed by atoms with Crippen molar-refractivity contribution in [2.24, 2.45) is 11.1 Å². The van der Waals surface area contributed by atoms with Crippen LogP contribution in [0.25, 0.3) is 0 Å². The summed E-state index contributed by atoms with van der Waals surface area (Å²) >= 11 is 0. The first-order valence-corrected chi connectivity index (χ1v) is 4.74. The van der Waals surface area contributed by atoms with Crippen molar-refractivity contribution in [3.8, 4) is 5.75 Å². The van der Waals surface area contributed by atoms with Gasteiger partial charge in [-0.1, -0.05) is 26.0 Å². The zero-order chi connectivity index (χ0) is 11.6. The number of phenols is 1. The summed E-state index contributed by atoms with van der Waals surface area (Å²) in [6.45, 7) is 3.37. The van der Waals surface area contributed by atoms with Gasteiger partial charge in [-0.2, -0.15) is 0 Å². The summed E-state index contributed by atoms with van der Waals surface area (Å²) in [5, 5.41) is 18.6. The maximum absolute atomic E-state index is 13.1. The van der Waals surface area contributed by atoms with Crippen molar-refractivity contribution >= 4 is 0 Å². The fourth-order valence-corrected chi connectivity index (χ4v) is 1.30. The Morgan fingerprint density at radius 1 is 1.47 bits per heavy atom. The highest BCUT2D eigenvalue weighted by Gasteiger charge is 2.29. The van der Waals surface area contributed by atoms with Crippen LogP contribution in [-0.4, -0.2) is 16.8 Å². The Balaban J connectivity index is 3.12. The number of phenolic OH excluding ortho intramolecular Hbond substituents is 1. The molecule has 0 bridgehead atoms. The average Bonchev–Trinajstić information content (AvgIpc) is 2.21. The van der Waals surface area contributed by atoms with E-state index in [1.54, 1.807) is 19.9 Å². The molecule has 1 atom stereocenters. The van der Waals surface area contributed by atoms with E-state index >= 15 is 0 Å². The summed E-state index contributed by atoms with van der Waals surface area (Å²) < 4.78 is 13.1. The first-order chi connectivity index (χ1) is 6.90. The van der Waals surface area contributed by atoms with Crippen molar-refractivity contribution in [3.05, 3.63) is 29.6 Å². The van der Waals surface area contributed by atoms with Crippen LogP contribution in [0.15, 0.2) is 18.2 Å². The van der Waals surface area contributed by atoms with Crippen molar-refractivity contribution in [1.82, 2.24) is 0 Å². The van der Waals surface area contributed by atoms with Gasteiger partial charge in [0, 0.05) is 23.6 Å². The molecule has 84 valence electrons. The first kappa shape index (κ1) is 11.9. The standard InChI is InChI=1S/C11H16FNO2/c1-11(2,6-14)10(13)7-4-3-5-8(12)9(7)15/h3-5,10,14-15H,6,13H2,1-2H3/t10-/m1/s1. The van der Waals surface area contributed by atoms with Crippen molar-refractivity contribution in [1.29, 1.82) is 0 Å². The normalized spacial score (nSPS) is 13.9. The predicted octanol–water partition coefficient (Wildman–Crippen LogP) is 1.55. The molecule has 4 N–H and O–H groups in total. The molecule has 0 heterocycles. The minimum absolute atomic E-state index is 0.135. The third kappa shape index (κ3) is 2.27. The quantitative estimate of drug-likeness (QED) is 0.713. The molecule has 0 aliphatic heterocycles. The van der Waals surface area contributed by atoms with Crippen molar-refractivity contribution in [2.45, 2.75) is 19.9 Å². The van der Waals surface area contributed by atoms with E-state index in [9.17, 15) is 9.50 Å². The van der Waals surface area contributed by atoms with Crippen LogP contribution >= 0.6 is 0 Å². The summed E-state index contributed by atoms with van der Waals surface area (Å²) in [5.74, 6) is -1.14. The minimum Gasteiger partial charge on any atom is -0.505 e. The number of para-hydroxylation sites is 1. The SMILES string of the molecule is CC(C)(CO)[C@H](N)c1cccc(F)c1O. The topological polar surface area (TPSA) is 66.5 Å². The number of rotatable bonds is 3. The van der Waals surface area contributed by atoms with Gasteiger partial charge in [0.25, 0.3) is 0 Å². The molecule has 4 heteroatoms. The number of aliphatic hydroxyl groups is 1. The molecule has 0 amide bonds. The highest BCUT2D eigenvalue weighted by atomic mass is 19.1. The molecule has 0 fully saturated rings. The highest BCUT2D eigenvalue weighted by Crippen LogP contribution is 2.36. The molecular formula is C11H16FNO2. The second kappa shape index (κ2) is 4.16. The van der Waals surface area contributed by atoms with Crippen LogP contribution in [0.3, 0.4) is 0 Å². The van der Waals surface area contributed by atoms with Crippen molar-refractivity contribution in [3.63, 3.8) is 0 Å². The van der Waals surface area contributed by atoms with Crippen LogP contribution in [0.2, 0.25) is 0 Å². The van der Waals surface area contributed by atoms with Gasteiger partial charge in [0.1, 0.15) is 0 Å². The maximum Gasteiger partial charge on any atom is 0.165 e. The Hall–Kier alpha value is -1.13. The summed E-state index contributed by atoms with van der Waals surface area (Å²) in [6.07, 6.45) is 0. The van der Waals surface area contributed by atoms with Gasteiger partial charge < -0.3 is 15.9 Å². The van der Waals surface area contributed by atoms with Gasteiger partial charge in [0.2, 0.25) is 0 Å².